The van der Waals surface area contributed by atoms with Crippen LogP contribution in [0.1, 0.15) is 12.0 Å². The monoisotopic (exact) mass is 412 g/mol. The van der Waals surface area contributed by atoms with Crippen molar-refractivity contribution in [3.8, 4) is 0 Å². The van der Waals surface area contributed by atoms with E-state index in [1.54, 1.807) is 29.2 Å². The summed E-state index contributed by atoms with van der Waals surface area (Å²) < 4.78 is 0. The summed E-state index contributed by atoms with van der Waals surface area (Å²) in [5.74, 6) is -0.289. The fourth-order valence-corrected chi connectivity index (χ4v) is 4.06. The summed E-state index contributed by atoms with van der Waals surface area (Å²) in [6.07, 6.45) is 0.834. The average Bonchev–Trinajstić information content (AvgIpc) is 3.11. The highest BCUT2D eigenvalue weighted by atomic mass is 35.5. The molecule has 0 aromatic heterocycles. The zero-order chi connectivity index (χ0) is 20.4. The van der Waals surface area contributed by atoms with Crippen LogP contribution in [-0.4, -0.2) is 47.4 Å². The largest absolute Gasteiger partial charge is 0.342 e. The van der Waals surface area contributed by atoms with Crippen LogP contribution in [0.4, 0.5) is 10.5 Å². The lowest BCUT2D eigenvalue weighted by Gasteiger charge is -2.34. The molecule has 0 saturated carbocycles. The summed E-state index contributed by atoms with van der Waals surface area (Å²) >= 11 is 5.92. The SMILES string of the molecule is O=C(Nc1cccc(Cl)c1)N[C@H]1C[C@H]2C(=O)N[C@H](Cc3ccccc3)C(=O)N2C1. The number of nitrogens with zero attached hydrogens (tertiary/aromatic N) is 1. The van der Waals surface area contributed by atoms with Crippen LogP contribution in [0.5, 0.6) is 0 Å². The van der Waals surface area contributed by atoms with Crippen molar-refractivity contribution < 1.29 is 14.4 Å². The van der Waals surface area contributed by atoms with Crippen LogP contribution in [-0.2, 0) is 16.0 Å². The maximum atomic E-state index is 12.9. The molecule has 8 heteroatoms. The van der Waals surface area contributed by atoms with Crippen LogP contribution in [0.15, 0.2) is 54.6 Å². The molecule has 0 aliphatic carbocycles. The van der Waals surface area contributed by atoms with Crippen molar-refractivity contribution in [2.45, 2.75) is 31.0 Å². The summed E-state index contributed by atoms with van der Waals surface area (Å²) in [6.45, 7) is 0.311. The first-order valence-corrected chi connectivity index (χ1v) is 9.85. The Morgan fingerprint density at radius 2 is 1.93 bits per heavy atom. The minimum atomic E-state index is -0.583. The Morgan fingerprint density at radius 1 is 1.14 bits per heavy atom. The van der Waals surface area contributed by atoms with Gasteiger partial charge < -0.3 is 20.9 Å². The Labute approximate surface area is 173 Å². The summed E-state index contributed by atoms with van der Waals surface area (Å²) in [7, 11) is 0. The van der Waals surface area contributed by atoms with Crippen LogP contribution in [0.3, 0.4) is 0 Å². The number of carbonyl (C=O) groups is 3. The van der Waals surface area contributed by atoms with E-state index in [1.807, 2.05) is 30.3 Å². The third-order valence-corrected chi connectivity index (χ3v) is 5.44. The van der Waals surface area contributed by atoms with E-state index in [2.05, 4.69) is 16.0 Å². The van der Waals surface area contributed by atoms with Gasteiger partial charge in [0.05, 0.1) is 6.04 Å². The average molecular weight is 413 g/mol. The summed E-state index contributed by atoms with van der Waals surface area (Å²) in [4.78, 5) is 39.3. The Kier molecular flexibility index (Phi) is 5.40. The number of piperazine rings is 1. The molecule has 0 bridgehead atoms. The number of nitrogens with one attached hydrogen (secondary N) is 3. The van der Waals surface area contributed by atoms with Crippen molar-refractivity contribution in [2.24, 2.45) is 0 Å². The number of anilines is 1. The quantitative estimate of drug-likeness (QED) is 0.718. The van der Waals surface area contributed by atoms with Crippen molar-refractivity contribution in [2.75, 3.05) is 11.9 Å². The molecule has 2 fully saturated rings. The number of hydrogen-bond donors (Lipinski definition) is 3. The Balaban J connectivity index is 1.37. The highest BCUT2D eigenvalue weighted by Crippen LogP contribution is 2.24. The third-order valence-electron chi connectivity index (χ3n) is 5.20. The first kappa shape index (κ1) is 19.3. The molecule has 0 radical (unpaired) electrons. The zero-order valence-electron chi connectivity index (χ0n) is 15.6. The van der Waals surface area contributed by atoms with E-state index in [0.717, 1.165) is 5.56 Å². The van der Waals surface area contributed by atoms with Crippen LogP contribution in [0.25, 0.3) is 0 Å². The lowest BCUT2D eigenvalue weighted by atomic mass is 10.0. The molecule has 2 aromatic carbocycles. The van der Waals surface area contributed by atoms with Crippen LogP contribution >= 0.6 is 11.6 Å². The molecule has 2 saturated heterocycles. The number of amides is 4. The van der Waals surface area contributed by atoms with Crippen molar-refractivity contribution in [3.05, 3.63) is 65.2 Å². The van der Waals surface area contributed by atoms with Gasteiger partial charge in [-0.05, 0) is 30.2 Å². The molecule has 29 heavy (non-hydrogen) atoms. The minimum absolute atomic E-state index is 0.113. The predicted octanol–water partition coefficient (Wildman–Crippen LogP) is 2.17. The zero-order valence-corrected chi connectivity index (χ0v) is 16.4. The smallest absolute Gasteiger partial charge is 0.319 e. The van der Waals surface area contributed by atoms with Crippen molar-refractivity contribution >= 4 is 35.1 Å². The second kappa shape index (κ2) is 8.13. The van der Waals surface area contributed by atoms with Gasteiger partial charge in [-0.25, -0.2) is 4.79 Å². The van der Waals surface area contributed by atoms with Crippen molar-refractivity contribution in [1.29, 1.82) is 0 Å². The van der Waals surface area contributed by atoms with Gasteiger partial charge >= 0.3 is 6.03 Å². The van der Waals surface area contributed by atoms with E-state index < -0.39 is 18.1 Å². The summed E-state index contributed by atoms with van der Waals surface area (Å²) in [5.41, 5.74) is 1.56. The molecule has 150 valence electrons. The standard InChI is InChI=1S/C21H21ClN4O3/c22-14-7-4-8-15(10-14)23-21(29)24-16-11-18-19(27)25-17(20(28)26(18)12-16)9-13-5-2-1-3-6-13/h1-8,10,16-18H,9,11-12H2,(H,25,27)(H2,23,24,29)/t16-,17+,18-/m0/s1. The Hall–Kier alpha value is -3.06. The molecule has 4 amide bonds. The summed E-state index contributed by atoms with van der Waals surface area (Å²) in [6, 6.07) is 14.6. The maximum absolute atomic E-state index is 12.9. The normalized spacial score (nSPS) is 23.3. The summed E-state index contributed by atoms with van der Waals surface area (Å²) in [5, 5.41) is 8.91. The number of fused-ring (bicyclic) bond motifs is 1. The highest BCUT2D eigenvalue weighted by molar-refractivity contribution is 6.30. The fraction of sp³-hybridized carbons (Fsp3) is 0.286. The number of carbonyl (C=O) groups excluding carboxylic acids is 3. The molecular weight excluding hydrogens is 392 g/mol. The number of rotatable bonds is 4. The molecule has 3 N–H and O–H groups in total. The van der Waals surface area contributed by atoms with Crippen LogP contribution in [0, 0.1) is 0 Å². The first-order chi connectivity index (χ1) is 14.0. The van der Waals surface area contributed by atoms with Gasteiger partial charge in [0.1, 0.15) is 12.1 Å². The molecule has 0 spiro atoms. The number of urea groups is 1. The van der Waals surface area contributed by atoms with Crippen LogP contribution in [0.2, 0.25) is 5.02 Å². The third kappa shape index (κ3) is 4.35. The topological polar surface area (TPSA) is 90.5 Å². The van der Waals surface area contributed by atoms with E-state index in [0.29, 0.717) is 30.1 Å². The van der Waals surface area contributed by atoms with Gasteiger partial charge in [-0.2, -0.15) is 0 Å². The molecule has 3 atom stereocenters. The van der Waals surface area contributed by atoms with Crippen LogP contribution < -0.4 is 16.0 Å². The van der Waals surface area contributed by atoms with E-state index in [4.69, 9.17) is 11.6 Å². The van der Waals surface area contributed by atoms with Gasteiger partial charge in [0, 0.05) is 23.7 Å². The van der Waals surface area contributed by atoms with Gasteiger partial charge in [-0.15, -0.1) is 0 Å². The van der Waals surface area contributed by atoms with Gasteiger partial charge in [-0.3, -0.25) is 9.59 Å². The first-order valence-electron chi connectivity index (χ1n) is 9.47. The predicted molar refractivity (Wildman–Crippen MR) is 110 cm³/mol. The second-order valence-corrected chi connectivity index (χ2v) is 7.74. The fourth-order valence-electron chi connectivity index (χ4n) is 3.87. The van der Waals surface area contributed by atoms with Crippen molar-refractivity contribution in [1.82, 2.24) is 15.5 Å². The number of benzene rings is 2. The molecule has 2 aromatic rings. The second-order valence-electron chi connectivity index (χ2n) is 7.30. The number of halogens is 1. The lowest BCUT2D eigenvalue weighted by molar-refractivity contribution is -0.147. The van der Waals surface area contributed by atoms with E-state index in [-0.39, 0.29) is 17.9 Å². The number of hydrogen-bond acceptors (Lipinski definition) is 3. The highest BCUT2D eigenvalue weighted by Gasteiger charge is 2.46. The molecule has 2 heterocycles. The molecule has 2 aliphatic rings. The van der Waals surface area contributed by atoms with Gasteiger partial charge in [0.15, 0.2) is 0 Å². The lowest BCUT2D eigenvalue weighted by Crippen LogP contribution is -2.61. The molecule has 0 unspecified atom stereocenters. The van der Waals surface area contributed by atoms with Gasteiger partial charge in [0.2, 0.25) is 11.8 Å². The Bertz CT molecular complexity index is 937. The minimum Gasteiger partial charge on any atom is -0.342 e. The Morgan fingerprint density at radius 3 is 2.69 bits per heavy atom. The van der Waals surface area contributed by atoms with E-state index >= 15 is 0 Å². The molecular formula is C21H21ClN4O3. The van der Waals surface area contributed by atoms with E-state index in [9.17, 15) is 14.4 Å². The van der Waals surface area contributed by atoms with Gasteiger partial charge in [-0.1, -0.05) is 48.0 Å². The molecule has 4 rings (SSSR count). The molecule has 7 nitrogen and oxygen atoms in total. The van der Waals surface area contributed by atoms with Gasteiger partial charge in [0.25, 0.3) is 0 Å². The maximum Gasteiger partial charge on any atom is 0.319 e. The van der Waals surface area contributed by atoms with E-state index in [1.165, 1.54) is 0 Å². The van der Waals surface area contributed by atoms with Crippen molar-refractivity contribution in [3.63, 3.8) is 0 Å². The molecule has 2 aliphatic heterocycles.